The average Bonchev–Trinajstić information content (AvgIpc) is 2.69. The minimum atomic E-state index is -3.48. The van der Waals surface area contributed by atoms with E-state index in [0.29, 0.717) is 18.0 Å². The Morgan fingerprint density at radius 3 is 2.54 bits per heavy atom. The van der Waals surface area contributed by atoms with Gasteiger partial charge >= 0.3 is 0 Å². The van der Waals surface area contributed by atoms with Crippen LogP contribution in [0.3, 0.4) is 0 Å². The monoisotopic (exact) mass is 402 g/mol. The molecule has 5 nitrogen and oxygen atoms in total. The van der Waals surface area contributed by atoms with Crippen molar-refractivity contribution < 1.29 is 13.2 Å². The zero-order valence-electron chi connectivity index (χ0n) is 16.9. The molecule has 1 atom stereocenters. The average molecular weight is 403 g/mol. The third kappa shape index (κ3) is 5.20. The van der Waals surface area contributed by atoms with Crippen LogP contribution in [0.1, 0.15) is 34.8 Å². The van der Waals surface area contributed by atoms with E-state index in [1.54, 1.807) is 6.07 Å². The molecule has 1 heterocycles. The molecule has 3 rings (SSSR count). The van der Waals surface area contributed by atoms with E-state index in [4.69, 9.17) is 4.74 Å². The van der Waals surface area contributed by atoms with Crippen LogP contribution in [0.5, 0.6) is 0 Å². The van der Waals surface area contributed by atoms with E-state index in [9.17, 15) is 8.42 Å². The minimum Gasteiger partial charge on any atom is -0.371 e. The summed E-state index contributed by atoms with van der Waals surface area (Å²) < 4.78 is 34.0. The molecule has 0 aromatic heterocycles. The largest absolute Gasteiger partial charge is 0.371 e. The van der Waals surface area contributed by atoms with Gasteiger partial charge in [0.05, 0.1) is 17.6 Å². The predicted molar refractivity (Wildman–Crippen MR) is 112 cm³/mol. The predicted octanol–water partition coefficient (Wildman–Crippen LogP) is 3.35. The van der Waals surface area contributed by atoms with Gasteiger partial charge in [-0.15, -0.1) is 0 Å². The van der Waals surface area contributed by atoms with Gasteiger partial charge in [-0.2, -0.15) is 0 Å². The van der Waals surface area contributed by atoms with E-state index < -0.39 is 10.0 Å². The molecule has 0 saturated carbocycles. The van der Waals surface area contributed by atoms with E-state index in [1.165, 1.54) is 5.56 Å². The standard InChI is InChI=1S/C22H30N2O3S/c1-17-14-19(3)22(15-18(17)2)28(25,26)23-10-7-11-24-12-13-27-21(16-24)20-8-5-4-6-9-20/h4-6,8-9,14-15,21,23H,7,10-13,16H2,1-3H3/t21-/m1/s1. The third-order valence-electron chi connectivity index (χ3n) is 5.35. The normalized spacial score (nSPS) is 18.3. The Balaban J connectivity index is 1.51. The summed E-state index contributed by atoms with van der Waals surface area (Å²) >= 11 is 0. The molecular weight excluding hydrogens is 372 g/mol. The van der Waals surface area contributed by atoms with Crippen molar-refractivity contribution >= 4 is 10.0 Å². The summed E-state index contributed by atoms with van der Waals surface area (Å²) in [7, 11) is -3.48. The first-order valence-corrected chi connectivity index (χ1v) is 11.3. The van der Waals surface area contributed by atoms with E-state index in [1.807, 2.05) is 45.0 Å². The Hall–Kier alpha value is -1.73. The van der Waals surface area contributed by atoms with Gasteiger partial charge in [0.15, 0.2) is 0 Å². The van der Waals surface area contributed by atoms with Crippen LogP contribution in [0.2, 0.25) is 0 Å². The molecule has 0 radical (unpaired) electrons. The van der Waals surface area contributed by atoms with Crippen LogP contribution >= 0.6 is 0 Å². The summed E-state index contributed by atoms with van der Waals surface area (Å²) in [5.74, 6) is 0. The molecule has 1 aliphatic rings. The Kier molecular flexibility index (Phi) is 6.88. The van der Waals surface area contributed by atoms with Crippen molar-refractivity contribution in [3.63, 3.8) is 0 Å². The summed E-state index contributed by atoms with van der Waals surface area (Å²) in [4.78, 5) is 2.72. The number of morpholine rings is 1. The maximum atomic E-state index is 12.7. The molecule has 0 amide bonds. The Morgan fingerprint density at radius 2 is 1.79 bits per heavy atom. The van der Waals surface area contributed by atoms with Gasteiger partial charge in [-0.1, -0.05) is 36.4 Å². The second-order valence-electron chi connectivity index (χ2n) is 7.52. The van der Waals surface area contributed by atoms with Crippen LogP contribution in [0.4, 0.5) is 0 Å². The molecule has 6 heteroatoms. The molecule has 1 fully saturated rings. The number of ether oxygens (including phenoxy) is 1. The minimum absolute atomic E-state index is 0.0878. The lowest BCUT2D eigenvalue weighted by Crippen LogP contribution is -2.39. The maximum Gasteiger partial charge on any atom is 0.240 e. The van der Waals surface area contributed by atoms with E-state index in [0.717, 1.165) is 42.7 Å². The Morgan fingerprint density at radius 1 is 1.07 bits per heavy atom. The van der Waals surface area contributed by atoms with Crippen molar-refractivity contribution in [2.24, 2.45) is 0 Å². The van der Waals surface area contributed by atoms with Crippen LogP contribution in [0, 0.1) is 20.8 Å². The number of nitrogens with one attached hydrogen (secondary N) is 1. The van der Waals surface area contributed by atoms with Crippen molar-refractivity contribution in [1.29, 1.82) is 0 Å². The van der Waals surface area contributed by atoms with Crippen molar-refractivity contribution in [2.75, 3.05) is 32.8 Å². The summed E-state index contributed by atoms with van der Waals surface area (Å²) in [5.41, 5.74) is 4.08. The number of rotatable bonds is 7. The molecule has 0 bridgehead atoms. The first-order chi connectivity index (χ1) is 13.4. The zero-order chi connectivity index (χ0) is 20.1. The Labute approximate surface area is 168 Å². The molecule has 1 saturated heterocycles. The molecule has 2 aromatic rings. The number of nitrogens with zero attached hydrogens (tertiary/aromatic N) is 1. The molecule has 1 N–H and O–H groups in total. The van der Waals surface area contributed by atoms with E-state index in [2.05, 4.69) is 21.8 Å². The molecule has 0 spiro atoms. The van der Waals surface area contributed by atoms with E-state index in [-0.39, 0.29) is 6.10 Å². The van der Waals surface area contributed by atoms with Gasteiger partial charge in [-0.05, 0) is 62.1 Å². The summed E-state index contributed by atoms with van der Waals surface area (Å²) in [6.07, 6.45) is 0.856. The summed E-state index contributed by atoms with van der Waals surface area (Å²) in [6.45, 7) is 9.49. The van der Waals surface area contributed by atoms with Crippen LogP contribution < -0.4 is 4.72 Å². The highest BCUT2D eigenvalue weighted by Crippen LogP contribution is 2.22. The topological polar surface area (TPSA) is 58.6 Å². The van der Waals surface area contributed by atoms with Gasteiger partial charge in [0.2, 0.25) is 10.0 Å². The molecule has 0 unspecified atom stereocenters. The second kappa shape index (κ2) is 9.18. The van der Waals surface area contributed by atoms with Gasteiger partial charge < -0.3 is 4.74 Å². The highest BCUT2D eigenvalue weighted by molar-refractivity contribution is 7.89. The third-order valence-corrected chi connectivity index (χ3v) is 6.95. The smallest absolute Gasteiger partial charge is 0.240 e. The lowest BCUT2D eigenvalue weighted by Gasteiger charge is -2.33. The van der Waals surface area contributed by atoms with Crippen molar-refractivity contribution in [1.82, 2.24) is 9.62 Å². The maximum absolute atomic E-state index is 12.7. The number of sulfonamides is 1. The zero-order valence-corrected chi connectivity index (χ0v) is 17.8. The van der Waals surface area contributed by atoms with Gasteiger partial charge in [-0.25, -0.2) is 13.1 Å². The van der Waals surface area contributed by atoms with Gasteiger partial charge in [0, 0.05) is 19.6 Å². The second-order valence-corrected chi connectivity index (χ2v) is 9.26. The molecule has 2 aromatic carbocycles. The highest BCUT2D eigenvalue weighted by Gasteiger charge is 2.22. The molecular formula is C22H30N2O3S. The van der Waals surface area contributed by atoms with Crippen LogP contribution in [-0.2, 0) is 14.8 Å². The van der Waals surface area contributed by atoms with Gasteiger partial charge in [-0.3, -0.25) is 4.90 Å². The van der Waals surface area contributed by atoms with Gasteiger partial charge in [0.1, 0.15) is 0 Å². The number of benzene rings is 2. The van der Waals surface area contributed by atoms with Crippen LogP contribution in [0.25, 0.3) is 0 Å². The molecule has 0 aliphatic carbocycles. The number of hydrogen-bond acceptors (Lipinski definition) is 4. The fourth-order valence-corrected chi connectivity index (χ4v) is 4.97. The van der Waals surface area contributed by atoms with Crippen LogP contribution in [-0.4, -0.2) is 46.1 Å². The number of hydrogen-bond donors (Lipinski definition) is 1. The lowest BCUT2D eigenvalue weighted by molar-refractivity contribution is -0.0300. The SMILES string of the molecule is Cc1cc(C)c(S(=O)(=O)NCCCN2CCO[C@@H](c3ccccc3)C2)cc1C. The fraction of sp³-hybridized carbons (Fsp3) is 0.455. The van der Waals surface area contributed by atoms with Crippen molar-refractivity contribution in [3.8, 4) is 0 Å². The molecule has 1 aliphatic heterocycles. The first kappa shape index (κ1) is 21.0. The highest BCUT2D eigenvalue weighted by atomic mass is 32.2. The lowest BCUT2D eigenvalue weighted by atomic mass is 10.1. The van der Waals surface area contributed by atoms with Crippen LogP contribution in [0.15, 0.2) is 47.4 Å². The first-order valence-electron chi connectivity index (χ1n) is 9.83. The molecule has 152 valence electrons. The van der Waals surface area contributed by atoms with Crippen molar-refractivity contribution in [2.45, 2.75) is 38.2 Å². The molecule has 28 heavy (non-hydrogen) atoms. The summed E-state index contributed by atoms with van der Waals surface area (Å²) in [6, 6.07) is 13.9. The summed E-state index contributed by atoms with van der Waals surface area (Å²) in [5, 5.41) is 0. The number of aryl methyl sites for hydroxylation is 3. The van der Waals surface area contributed by atoms with Crippen molar-refractivity contribution in [3.05, 3.63) is 64.7 Å². The van der Waals surface area contributed by atoms with E-state index >= 15 is 0 Å². The quantitative estimate of drug-likeness (QED) is 0.722. The van der Waals surface area contributed by atoms with Gasteiger partial charge in [0.25, 0.3) is 0 Å². The Bertz CT molecular complexity index is 897. The fourth-order valence-electron chi connectivity index (χ4n) is 3.59.